The Balaban J connectivity index is 4.62. The summed E-state index contributed by atoms with van der Waals surface area (Å²) in [6.07, 6.45) is 57.5. The van der Waals surface area contributed by atoms with E-state index in [-0.39, 0.29) is 25.9 Å². The van der Waals surface area contributed by atoms with Crippen LogP contribution in [0.25, 0.3) is 0 Å². The molecule has 0 heterocycles. The number of carbonyl (C=O) groups excluding carboxylic acids is 3. The molecule has 11 nitrogen and oxygen atoms in total. The first-order chi connectivity index (χ1) is 36.2. The van der Waals surface area contributed by atoms with E-state index >= 15 is 0 Å². The van der Waals surface area contributed by atoms with E-state index < -0.39 is 57.8 Å². The molecule has 0 rings (SSSR count). The summed E-state index contributed by atoms with van der Waals surface area (Å²) in [7, 11) is -4.74. The van der Waals surface area contributed by atoms with Crippen molar-refractivity contribution >= 4 is 25.7 Å². The van der Waals surface area contributed by atoms with Crippen LogP contribution in [0.3, 0.4) is 0 Å². The Morgan fingerprint density at radius 3 is 0.932 bits per heavy atom. The van der Waals surface area contributed by atoms with Crippen molar-refractivity contribution in [2.75, 3.05) is 26.4 Å². The monoisotopic (exact) mass is 1070 g/mol. The highest BCUT2D eigenvalue weighted by Crippen LogP contribution is 2.43. The van der Waals surface area contributed by atoms with Crippen molar-refractivity contribution in [3.05, 3.63) is 12.2 Å². The highest BCUT2D eigenvalue weighted by molar-refractivity contribution is 7.47. The first-order valence-corrected chi connectivity index (χ1v) is 33.1. The first kappa shape index (κ1) is 72.2. The van der Waals surface area contributed by atoms with E-state index in [1.807, 2.05) is 0 Å². The predicted octanol–water partition coefficient (Wildman–Crippen LogP) is 18.8. The molecular weight excluding hydrogens is 952 g/mol. The smallest absolute Gasteiger partial charge is 0.462 e. The number of ether oxygens (including phenoxy) is 3. The summed E-state index contributed by atoms with van der Waals surface area (Å²) in [5, 5.41) is 9.79. The number of unbranched alkanes of at least 4 members (excludes halogenated alkanes) is 41. The largest absolute Gasteiger partial charge is 0.472 e. The lowest BCUT2D eigenvalue weighted by atomic mass is 10.0. The minimum atomic E-state index is -4.74. The summed E-state index contributed by atoms with van der Waals surface area (Å²) in [6.45, 7) is 4.69. The molecule has 2 N–H and O–H groups in total. The Kier molecular flexibility index (Phi) is 56.0. The van der Waals surface area contributed by atoms with Gasteiger partial charge in [0.25, 0.3) is 0 Å². The lowest BCUT2D eigenvalue weighted by molar-refractivity contribution is -0.161. The van der Waals surface area contributed by atoms with Crippen LogP contribution in [0.1, 0.15) is 329 Å². The molecule has 0 aliphatic carbocycles. The molecule has 12 heteroatoms. The fourth-order valence-corrected chi connectivity index (χ4v) is 10.1. The molecule has 0 aliphatic rings. The van der Waals surface area contributed by atoms with Crippen LogP contribution in [-0.2, 0) is 42.2 Å². The minimum absolute atomic E-state index is 0.173. The predicted molar refractivity (Wildman–Crippen MR) is 307 cm³/mol. The second-order valence-electron chi connectivity index (χ2n) is 21.6. The van der Waals surface area contributed by atoms with Gasteiger partial charge in [-0.05, 0) is 44.9 Å². The van der Waals surface area contributed by atoms with Gasteiger partial charge in [0.2, 0.25) is 0 Å². The quantitative estimate of drug-likeness (QED) is 0.0197. The molecule has 0 bridgehead atoms. The minimum Gasteiger partial charge on any atom is -0.462 e. The van der Waals surface area contributed by atoms with Crippen molar-refractivity contribution in [1.29, 1.82) is 0 Å². The van der Waals surface area contributed by atoms with Gasteiger partial charge in [0.05, 0.1) is 19.8 Å². The summed E-state index contributed by atoms with van der Waals surface area (Å²) < 4.78 is 39.6. The highest BCUT2D eigenvalue weighted by Gasteiger charge is 2.28. The molecule has 0 aliphatic heterocycles. The average Bonchev–Trinajstić information content (AvgIpc) is 3.39. The number of hydrogen-bond acceptors (Lipinski definition) is 10. The van der Waals surface area contributed by atoms with Gasteiger partial charge in [-0.2, -0.15) is 0 Å². The van der Waals surface area contributed by atoms with Crippen molar-refractivity contribution < 1.29 is 52.2 Å². The zero-order valence-electron chi connectivity index (χ0n) is 48.6. The van der Waals surface area contributed by atoms with Crippen LogP contribution in [0.4, 0.5) is 0 Å². The summed E-state index contributed by atoms with van der Waals surface area (Å²) in [4.78, 5) is 48.6. The maximum Gasteiger partial charge on any atom is 0.472 e. The van der Waals surface area contributed by atoms with Crippen LogP contribution < -0.4 is 0 Å². The highest BCUT2D eigenvalue weighted by atomic mass is 31.2. The van der Waals surface area contributed by atoms with Gasteiger partial charge in [-0.15, -0.1) is 0 Å². The SMILES string of the molecule is CCCCCCCC/C=C\CCCCCCCCCCCC(=O)OC(COC(=O)CCCCCCCCCCCCCCCCCCCCC)COP(=O)(O)OCC(CO)OC(=O)CCCCCCCCCCC. The lowest BCUT2D eigenvalue weighted by Crippen LogP contribution is -2.30. The molecule has 3 atom stereocenters. The fraction of sp³-hybridized carbons (Fsp3) is 0.919. The molecular formula is C62H119O11P. The van der Waals surface area contributed by atoms with Gasteiger partial charge in [0.1, 0.15) is 12.7 Å². The third kappa shape index (κ3) is 55.0. The molecule has 0 aromatic rings. The molecule has 0 aromatic carbocycles. The van der Waals surface area contributed by atoms with Crippen molar-refractivity contribution in [2.45, 2.75) is 341 Å². The Morgan fingerprint density at radius 1 is 0.365 bits per heavy atom. The normalized spacial score (nSPS) is 13.3. The Bertz CT molecular complexity index is 1290. The van der Waals surface area contributed by atoms with E-state index in [0.717, 1.165) is 57.8 Å². The van der Waals surface area contributed by atoms with E-state index in [9.17, 15) is 28.9 Å². The Hall–Kier alpha value is -1.78. The van der Waals surface area contributed by atoms with Crippen molar-refractivity contribution in [1.82, 2.24) is 0 Å². The molecule has 438 valence electrons. The Labute approximate surface area is 456 Å². The molecule has 0 aromatic heterocycles. The third-order valence-electron chi connectivity index (χ3n) is 14.2. The molecule has 74 heavy (non-hydrogen) atoms. The third-order valence-corrected chi connectivity index (χ3v) is 15.1. The van der Waals surface area contributed by atoms with E-state index in [2.05, 4.69) is 32.9 Å². The lowest BCUT2D eigenvalue weighted by Gasteiger charge is -2.21. The van der Waals surface area contributed by atoms with Crippen LogP contribution in [0.2, 0.25) is 0 Å². The fourth-order valence-electron chi connectivity index (χ4n) is 9.35. The summed E-state index contributed by atoms with van der Waals surface area (Å²) >= 11 is 0. The maximum atomic E-state index is 12.9. The van der Waals surface area contributed by atoms with Gasteiger partial charge >= 0.3 is 25.7 Å². The van der Waals surface area contributed by atoms with Crippen LogP contribution in [0.15, 0.2) is 12.2 Å². The topological polar surface area (TPSA) is 155 Å². The second kappa shape index (κ2) is 57.4. The number of allylic oxidation sites excluding steroid dienone is 2. The standard InChI is InChI=1S/C62H119O11P/c1-4-7-10-13-16-19-21-23-25-27-29-31-33-35-37-40-42-45-48-51-60(64)69-55-59(57-71-74(67,68)70-56-58(54-63)72-61(65)52-49-46-43-39-18-15-12-9-6-3)73-62(66)53-50-47-44-41-38-36-34-32-30-28-26-24-22-20-17-14-11-8-5-2/h24,26,58-59,63H,4-23,25,27-57H2,1-3H3,(H,67,68)/b26-24-. The number of aliphatic hydroxyl groups is 1. The number of esters is 3. The summed E-state index contributed by atoms with van der Waals surface area (Å²) in [5.74, 6) is -1.43. The van der Waals surface area contributed by atoms with Crippen LogP contribution >= 0.6 is 7.82 Å². The van der Waals surface area contributed by atoms with E-state index in [1.54, 1.807) is 0 Å². The van der Waals surface area contributed by atoms with E-state index in [1.165, 1.54) is 212 Å². The molecule has 0 fully saturated rings. The van der Waals surface area contributed by atoms with Gasteiger partial charge in [0.15, 0.2) is 6.10 Å². The van der Waals surface area contributed by atoms with E-state index in [4.69, 9.17) is 23.3 Å². The number of rotatable bonds is 60. The van der Waals surface area contributed by atoms with Gasteiger partial charge < -0.3 is 24.2 Å². The number of carbonyl (C=O) groups is 3. The zero-order valence-corrected chi connectivity index (χ0v) is 49.5. The zero-order chi connectivity index (χ0) is 54.1. The van der Waals surface area contributed by atoms with Crippen LogP contribution in [0, 0.1) is 0 Å². The van der Waals surface area contributed by atoms with Crippen molar-refractivity contribution in [3.63, 3.8) is 0 Å². The molecule has 0 amide bonds. The second-order valence-corrected chi connectivity index (χ2v) is 23.0. The number of phosphoric ester groups is 1. The summed E-state index contributed by atoms with van der Waals surface area (Å²) in [5.41, 5.74) is 0. The molecule has 0 saturated heterocycles. The molecule has 0 saturated carbocycles. The van der Waals surface area contributed by atoms with Crippen molar-refractivity contribution in [2.24, 2.45) is 0 Å². The summed E-state index contributed by atoms with van der Waals surface area (Å²) in [6, 6.07) is 0. The van der Waals surface area contributed by atoms with Crippen molar-refractivity contribution in [3.8, 4) is 0 Å². The van der Waals surface area contributed by atoms with Gasteiger partial charge in [-0.1, -0.05) is 277 Å². The number of phosphoric acid groups is 1. The average molecular weight is 1070 g/mol. The first-order valence-electron chi connectivity index (χ1n) is 31.6. The molecule has 0 spiro atoms. The van der Waals surface area contributed by atoms with Gasteiger partial charge in [-0.25, -0.2) is 4.57 Å². The van der Waals surface area contributed by atoms with Gasteiger partial charge in [0, 0.05) is 19.3 Å². The maximum absolute atomic E-state index is 12.9. The number of aliphatic hydroxyl groups excluding tert-OH is 1. The Morgan fingerprint density at radius 2 is 0.622 bits per heavy atom. The van der Waals surface area contributed by atoms with Crippen LogP contribution in [0.5, 0.6) is 0 Å². The molecule has 0 radical (unpaired) electrons. The van der Waals surface area contributed by atoms with Crippen LogP contribution in [-0.4, -0.2) is 66.5 Å². The molecule has 3 unspecified atom stereocenters. The van der Waals surface area contributed by atoms with Gasteiger partial charge in [-0.3, -0.25) is 23.4 Å². The number of hydrogen-bond donors (Lipinski definition) is 2. The van der Waals surface area contributed by atoms with E-state index in [0.29, 0.717) is 19.3 Å².